The van der Waals surface area contributed by atoms with Crippen molar-refractivity contribution >= 4 is 21.4 Å². The molecule has 1 aliphatic heterocycles. The number of rotatable bonds is 4. The minimum Gasteiger partial charge on any atom is -0.299 e. The van der Waals surface area contributed by atoms with Gasteiger partial charge in [0.1, 0.15) is 5.78 Å². The van der Waals surface area contributed by atoms with Crippen molar-refractivity contribution in [3.8, 4) is 0 Å². The lowest BCUT2D eigenvalue weighted by Gasteiger charge is -2.41. The zero-order valence-corrected chi connectivity index (χ0v) is 20.9. The summed E-state index contributed by atoms with van der Waals surface area (Å²) in [6, 6.07) is 19.0. The van der Waals surface area contributed by atoms with Crippen LogP contribution >= 0.6 is 0 Å². The second-order valence-corrected chi connectivity index (χ2v) is 13.4. The van der Waals surface area contributed by atoms with Gasteiger partial charge in [-0.3, -0.25) is 4.79 Å². The number of nitrogens with zero attached hydrogens (tertiary/aromatic N) is 1. The van der Waals surface area contributed by atoms with Crippen molar-refractivity contribution in [3.63, 3.8) is 0 Å². The second-order valence-electron chi connectivity index (χ2n) is 11.4. The standard InChI is InChI=1S/C29H33NO3S/c1-27(2)22-12-13-29(27,26(31)18-22)20-34(32,33)30-16-14-28(15-17-30)19-24(21-8-4-3-5-9-21)23-10-6-7-11-25(23)28/h3-11,19,22H,12-18,20H2,1-2H3/t22?,29-/m1/s1. The molecule has 1 heterocycles. The summed E-state index contributed by atoms with van der Waals surface area (Å²) < 4.78 is 29.0. The van der Waals surface area contributed by atoms with Gasteiger partial charge in [0.2, 0.25) is 10.0 Å². The van der Waals surface area contributed by atoms with Crippen LogP contribution in [0.4, 0.5) is 0 Å². The molecule has 2 aromatic rings. The molecule has 2 saturated carbocycles. The topological polar surface area (TPSA) is 54.5 Å². The Balaban J connectivity index is 1.27. The molecule has 34 heavy (non-hydrogen) atoms. The van der Waals surface area contributed by atoms with Gasteiger partial charge in [0.25, 0.3) is 0 Å². The molecule has 1 spiro atoms. The minimum atomic E-state index is -3.51. The van der Waals surface area contributed by atoms with Gasteiger partial charge in [-0.1, -0.05) is 74.5 Å². The van der Waals surface area contributed by atoms with E-state index in [9.17, 15) is 13.2 Å². The highest BCUT2D eigenvalue weighted by atomic mass is 32.2. The van der Waals surface area contributed by atoms with E-state index in [2.05, 4.69) is 68.5 Å². The number of benzene rings is 2. The van der Waals surface area contributed by atoms with Gasteiger partial charge in [-0.05, 0) is 59.3 Å². The number of hydrogen-bond donors (Lipinski definition) is 0. The Morgan fingerprint density at radius 1 is 0.941 bits per heavy atom. The van der Waals surface area contributed by atoms with E-state index in [0.717, 1.165) is 25.7 Å². The fraction of sp³-hybridized carbons (Fsp3) is 0.483. The Kier molecular flexibility index (Phi) is 4.83. The molecule has 0 aromatic heterocycles. The van der Waals surface area contributed by atoms with Crippen LogP contribution in [0, 0.1) is 16.7 Å². The second kappa shape index (κ2) is 7.38. The maximum Gasteiger partial charge on any atom is 0.215 e. The lowest BCUT2D eigenvalue weighted by Crippen LogP contribution is -2.50. The first kappa shape index (κ1) is 22.2. The van der Waals surface area contributed by atoms with E-state index in [1.807, 2.05) is 6.07 Å². The quantitative estimate of drug-likeness (QED) is 0.611. The largest absolute Gasteiger partial charge is 0.299 e. The molecule has 5 heteroatoms. The van der Waals surface area contributed by atoms with Crippen molar-refractivity contribution < 1.29 is 13.2 Å². The Morgan fingerprint density at radius 3 is 2.26 bits per heavy atom. The van der Waals surface area contributed by atoms with Crippen molar-refractivity contribution in [3.05, 3.63) is 77.4 Å². The number of hydrogen-bond acceptors (Lipinski definition) is 3. The lowest BCUT2D eigenvalue weighted by atomic mass is 9.70. The number of Topliss-reactive ketones (excluding diaryl/α,β-unsaturated/α-hetero) is 1. The van der Waals surface area contributed by atoms with Crippen molar-refractivity contribution in [1.29, 1.82) is 0 Å². The van der Waals surface area contributed by atoms with E-state index in [1.54, 1.807) is 4.31 Å². The van der Waals surface area contributed by atoms with Crippen molar-refractivity contribution in [2.24, 2.45) is 16.7 Å². The molecule has 6 rings (SSSR count). The van der Waals surface area contributed by atoms with Gasteiger partial charge in [0.05, 0.1) is 5.75 Å². The summed E-state index contributed by atoms with van der Waals surface area (Å²) in [5.41, 5.74) is 3.97. The molecule has 1 saturated heterocycles. The highest BCUT2D eigenvalue weighted by Crippen LogP contribution is 2.64. The zero-order chi connectivity index (χ0) is 23.8. The van der Waals surface area contributed by atoms with E-state index in [0.29, 0.717) is 25.4 Å². The van der Waals surface area contributed by atoms with Crippen molar-refractivity contribution in [2.75, 3.05) is 18.8 Å². The fourth-order valence-electron chi connectivity index (χ4n) is 7.53. The van der Waals surface area contributed by atoms with E-state index in [4.69, 9.17) is 0 Å². The summed E-state index contributed by atoms with van der Waals surface area (Å²) in [6.45, 7) is 5.23. The fourth-order valence-corrected chi connectivity index (χ4v) is 9.75. The van der Waals surface area contributed by atoms with Crippen LogP contribution in [-0.2, 0) is 20.2 Å². The van der Waals surface area contributed by atoms with Crippen LogP contribution in [0.3, 0.4) is 0 Å². The SMILES string of the molecule is CC1(C)C2CC[C@@]1(CS(=O)(=O)N1CCC3(C=C(c4ccccc4)c4ccccc43)CC1)C(=O)C2. The maximum absolute atomic E-state index is 13.7. The minimum absolute atomic E-state index is 0.0168. The first-order chi connectivity index (χ1) is 16.2. The van der Waals surface area contributed by atoms with Crippen molar-refractivity contribution in [1.82, 2.24) is 4.31 Å². The first-order valence-corrected chi connectivity index (χ1v) is 14.2. The average molecular weight is 476 g/mol. The molecule has 3 aliphatic carbocycles. The third-order valence-corrected chi connectivity index (χ3v) is 11.8. The van der Waals surface area contributed by atoms with E-state index < -0.39 is 15.4 Å². The van der Waals surface area contributed by atoms with Crippen LogP contribution in [0.1, 0.15) is 62.6 Å². The number of carbonyl (C=O) groups excluding carboxylic acids is 1. The summed E-state index contributed by atoms with van der Waals surface area (Å²) >= 11 is 0. The Labute approximate surface area is 203 Å². The lowest BCUT2D eigenvalue weighted by molar-refractivity contribution is -0.128. The molecule has 0 amide bonds. The Hall–Kier alpha value is -2.24. The smallest absolute Gasteiger partial charge is 0.215 e. The molecule has 1 unspecified atom stereocenters. The molecule has 0 N–H and O–H groups in total. The highest BCUT2D eigenvalue weighted by molar-refractivity contribution is 7.89. The Morgan fingerprint density at radius 2 is 1.62 bits per heavy atom. The molecule has 4 nitrogen and oxygen atoms in total. The van der Waals surface area contributed by atoms with E-state index in [-0.39, 0.29) is 22.4 Å². The maximum atomic E-state index is 13.7. The van der Waals surface area contributed by atoms with Gasteiger partial charge >= 0.3 is 0 Å². The summed E-state index contributed by atoms with van der Waals surface area (Å²) in [6.07, 6.45) is 6.17. The summed E-state index contributed by atoms with van der Waals surface area (Å²) in [4.78, 5) is 13.0. The van der Waals surface area contributed by atoms with Gasteiger partial charge in [-0.25, -0.2) is 12.7 Å². The number of sulfonamides is 1. The Bertz CT molecular complexity index is 1290. The van der Waals surface area contributed by atoms with E-state index >= 15 is 0 Å². The van der Waals surface area contributed by atoms with Crippen LogP contribution in [0.5, 0.6) is 0 Å². The number of fused-ring (bicyclic) bond motifs is 4. The third-order valence-electron chi connectivity index (χ3n) is 9.84. The predicted molar refractivity (Wildman–Crippen MR) is 135 cm³/mol. The average Bonchev–Trinajstić information content (AvgIpc) is 3.34. The van der Waals surface area contributed by atoms with Gasteiger partial charge in [0, 0.05) is 30.3 Å². The molecule has 4 aliphatic rings. The normalized spacial score (nSPS) is 29.4. The van der Waals surface area contributed by atoms with Crippen LogP contribution < -0.4 is 0 Å². The molecule has 2 atom stereocenters. The number of ketones is 1. The summed E-state index contributed by atoms with van der Waals surface area (Å²) in [5, 5.41) is 0. The van der Waals surface area contributed by atoms with Crippen LogP contribution in [-0.4, -0.2) is 37.3 Å². The summed E-state index contributed by atoms with van der Waals surface area (Å²) in [7, 11) is -3.51. The summed E-state index contributed by atoms with van der Waals surface area (Å²) in [5.74, 6) is 0.485. The van der Waals surface area contributed by atoms with E-state index in [1.165, 1.54) is 22.3 Å². The van der Waals surface area contributed by atoms with Gasteiger partial charge in [0.15, 0.2) is 0 Å². The monoisotopic (exact) mass is 475 g/mol. The molecular formula is C29H33NO3S. The molecule has 178 valence electrons. The van der Waals surface area contributed by atoms with Crippen molar-refractivity contribution in [2.45, 2.75) is 51.4 Å². The van der Waals surface area contributed by atoms with Gasteiger partial charge in [-0.15, -0.1) is 0 Å². The van der Waals surface area contributed by atoms with Crippen LogP contribution in [0.2, 0.25) is 0 Å². The molecule has 0 radical (unpaired) electrons. The molecule has 2 bridgehead atoms. The first-order valence-electron chi connectivity index (χ1n) is 12.6. The zero-order valence-electron chi connectivity index (χ0n) is 20.1. The van der Waals surface area contributed by atoms with Crippen LogP contribution in [0.25, 0.3) is 5.57 Å². The van der Waals surface area contributed by atoms with Gasteiger partial charge < -0.3 is 0 Å². The number of allylic oxidation sites excluding steroid dienone is 1. The molecule has 2 aromatic carbocycles. The predicted octanol–water partition coefficient (Wildman–Crippen LogP) is 5.19. The van der Waals surface area contributed by atoms with Crippen LogP contribution in [0.15, 0.2) is 60.7 Å². The van der Waals surface area contributed by atoms with Gasteiger partial charge in [-0.2, -0.15) is 0 Å². The third kappa shape index (κ3) is 2.99. The number of carbonyl (C=O) groups is 1. The molecule has 3 fully saturated rings. The molecular weight excluding hydrogens is 442 g/mol. The number of piperidine rings is 1. The highest BCUT2D eigenvalue weighted by Gasteiger charge is 2.65.